The Morgan fingerprint density at radius 2 is 1.86 bits per heavy atom. The Morgan fingerprint density at radius 1 is 1.36 bits per heavy atom. The van der Waals surface area contributed by atoms with Crippen molar-refractivity contribution < 1.29 is 14.6 Å². The second kappa shape index (κ2) is 8.26. The van der Waals surface area contributed by atoms with Gasteiger partial charge in [0, 0.05) is 6.61 Å². The second-order valence-corrected chi connectivity index (χ2v) is 2.58. The lowest BCUT2D eigenvalue weighted by Gasteiger charge is -1.95. The minimum absolute atomic E-state index is 0.291. The smallest absolute Gasteiger partial charge is 0.337 e. The summed E-state index contributed by atoms with van der Waals surface area (Å²) < 4.78 is 4.50. The van der Waals surface area contributed by atoms with Gasteiger partial charge in [0.25, 0.3) is 0 Å². The van der Waals surface area contributed by atoms with E-state index in [1.54, 1.807) is 24.3 Å². The van der Waals surface area contributed by atoms with Crippen LogP contribution in [0.25, 0.3) is 0 Å². The maximum Gasteiger partial charge on any atom is 0.337 e. The highest BCUT2D eigenvalue weighted by Crippen LogP contribution is 1.98. The van der Waals surface area contributed by atoms with Gasteiger partial charge in [-0.25, -0.2) is 4.79 Å². The molecule has 14 heavy (non-hydrogen) atoms. The van der Waals surface area contributed by atoms with Crippen molar-refractivity contribution in [1.82, 2.24) is 0 Å². The van der Waals surface area contributed by atoms with Gasteiger partial charge < -0.3 is 9.84 Å². The summed E-state index contributed by atoms with van der Waals surface area (Å²) in [6.07, 6.45) is 0.875. The summed E-state index contributed by atoms with van der Waals surface area (Å²) >= 11 is 0. The van der Waals surface area contributed by atoms with Gasteiger partial charge in [0.2, 0.25) is 0 Å². The number of ether oxygens (including phenoxy) is 1. The fraction of sp³-hybridized carbons (Fsp3) is 0.364. The maximum absolute atomic E-state index is 10.8. The number of rotatable bonds is 2. The number of hydrogen-bond donors (Lipinski definition) is 1. The first-order valence-electron chi connectivity index (χ1n) is 4.50. The van der Waals surface area contributed by atoms with E-state index in [9.17, 15) is 4.79 Å². The van der Waals surface area contributed by atoms with Gasteiger partial charge in [0.1, 0.15) is 0 Å². The Labute approximate surface area is 84.3 Å². The molecule has 78 valence electrons. The normalized spacial score (nSPS) is 8.50. The Bertz CT molecular complexity index is 242. The van der Waals surface area contributed by atoms with Crippen LogP contribution in [0.4, 0.5) is 0 Å². The number of methoxy groups -OCH3 is 1. The second-order valence-electron chi connectivity index (χ2n) is 2.58. The zero-order chi connectivity index (χ0) is 10.8. The van der Waals surface area contributed by atoms with Crippen LogP contribution in [-0.2, 0) is 4.74 Å². The molecule has 3 heteroatoms. The van der Waals surface area contributed by atoms with E-state index in [0.717, 1.165) is 6.42 Å². The molecule has 0 unspecified atom stereocenters. The minimum Gasteiger partial charge on any atom is -0.465 e. The van der Waals surface area contributed by atoms with E-state index >= 15 is 0 Å². The highest BCUT2D eigenvalue weighted by Gasteiger charge is 2.00. The zero-order valence-corrected chi connectivity index (χ0v) is 8.56. The molecule has 0 aliphatic carbocycles. The van der Waals surface area contributed by atoms with Crippen molar-refractivity contribution in [2.75, 3.05) is 13.7 Å². The molecule has 0 aliphatic heterocycles. The lowest BCUT2D eigenvalue weighted by molar-refractivity contribution is 0.0600. The molecule has 3 nitrogen and oxygen atoms in total. The number of carbonyl (C=O) groups is 1. The highest BCUT2D eigenvalue weighted by molar-refractivity contribution is 5.89. The molecule has 1 N–H and O–H groups in total. The van der Waals surface area contributed by atoms with E-state index < -0.39 is 0 Å². The van der Waals surface area contributed by atoms with Gasteiger partial charge in [-0.15, -0.1) is 0 Å². The fourth-order valence-electron chi connectivity index (χ4n) is 0.692. The van der Waals surface area contributed by atoms with E-state index in [2.05, 4.69) is 4.74 Å². The molecule has 0 spiro atoms. The van der Waals surface area contributed by atoms with Gasteiger partial charge in [-0.05, 0) is 18.6 Å². The van der Waals surface area contributed by atoms with Gasteiger partial charge in [-0.1, -0.05) is 25.1 Å². The Balaban J connectivity index is 0.000000364. The third kappa shape index (κ3) is 5.32. The molecule has 0 radical (unpaired) electrons. The van der Waals surface area contributed by atoms with Crippen molar-refractivity contribution in [3.05, 3.63) is 35.9 Å². The third-order valence-corrected chi connectivity index (χ3v) is 1.42. The number of esters is 1. The Hall–Kier alpha value is -1.35. The van der Waals surface area contributed by atoms with Gasteiger partial charge in [0.05, 0.1) is 12.7 Å². The number of carbonyl (C=O) groups excluding carboxylic acids is 1. The first kappa shape index (κ1) is 12.7. The molecule has 0 aromatic heterocycles. The van der Waals surface area contributed by atoms with Crippen LogP contribution in [0.15, 0.2) is 30.3 Å². The van der Waals surface area contributed by atoms with E-state index in [1.807, 2.05) is 13.0 Å². The predicted molar refractivity (Wildman–Crippen MR) is 55.2 cm³/mol. The van der Waals surface area contributed by atoms with Crippen LogP contribution in [0, 0.1) is 0 Å². The summed E-state index contributed by atoms with van der Waals surface area (Å²) in [5, 5.41) is 7.88. The Kier molecular flexibility index (Phi) is 7.46. The zero-order valence-electron chi connectivity index (χ0n) is 8.56. The first-order chi connectivity index (χ1) is 6.76. The summed E-state index contributed by atoms with van der Waals surface area (Å²) in [4.78, 5) is 10.8. The number of benzene rings is 1. The molecular weight excluding hydrogens is 180 g/mol. The predicted octanol–water partition coefficient (Wildman–Crippen LogP) is 1.86. The minimum atomic E-state index is -0.291. The number of hydrogen-bond acceptors (Lipinski definition) is 3. The molecule has 0 heterocycles. The molecule has 0 amide bonds. The molecule has 1 aromatic carbocycles. The molecule has 0 atom stereocenters. The van der Waals surface area contributed by atoms with Crippen LogP contribution in [0.5, 0.6) is 0 Å². The van der Waals surface area contributed by atoms with Crippen LogP contribution < -0.4 is 0 Å². The number of aliphatic hydroxyl groups is 1. The van der Waals surface area contributed by atoms with Crippen molar-refractivity contribution in [3.63, 3.8) is 0 Å². The van der Waals surface area contributed by atoms with Crippen molar-refractivity contribution in [3.8, 4) is 0 Å². The summed E-state index contributed by atoms with van der Waals surface area (Å²) in [6, 6.07) is 8.88. The van der Waals surface area contributed by atoms with Crippen LogP contribution >= 0.6 is 0 Å². The molecule has 0 saturated heterocycles. The molecule has 1 aromatic rings. The topological polar surface area (TPSA) is 46.5 Å². The van der Waals surface area contributed by atoms with Gasteiger partial charge in [-0.3, -0.25) is 0 Å². The van der Waals surface area contributed by atoms with E-state index in [-0.39, 0.29) is 5.97 Å². The van der Waals surface area contributed by atoms with Crippen LogP contribution in [-0.4, -0.2) is 24.8 Å². The molecule has 0 bridgehead atoms. The van der Waals surface area contributed by atoms with Crippen molar-refractivity contribution in [2.45, 2.75) is 13.3 Å². The highest BCUT2D eigenvalue weighted by atomic mass is 16.5. The Morgan fingerprint density at radius 3 is 2.21 bits per heavy atom. The average molecular weight is 196 g/mol. The largest absolute Gasteiger partial charge is 0.465 e. The van der Waals surface area contributed by atoms with Crippen molar-refractivity contribution in [1.29, 1.82) is 0 Å². The SMILES string of the molecule is CCCO.COC(=O)c1ccccc1. The van der Waals surface area contributed by atoms with E-state index in [1.165, 1.54) is 7.11 Å². The maximum atomic E-state index is 10.8. The standard InChI is InChI=1S/C8H8O2.C3H8O/c1-10-8(9)7-5-3-2-4-6-7;1-2-3-4/h2-6H,1H3;4H,2-3H2,1H3. The van der Waals surface area contributed by atoms with Crippen molar-refractivity contribution >= 4 is 5.97 Å². The summed E-state index contributed by atoms with van der Waals surface area (Å²) in [5.41, 5.74) is 0.588. The van der Waals surface area contributed by atoms with Crippen LogP contribution in [0.3, 0.4) is 0 Å². The first-order valence-corrected chi connectivity index (χ1v) is 4.50. The van der Waals surface area contributed by atoms with E-state index in [4.69, 9.17) is 5.11 Å². The summed E-state index contributed by atoms with van der Waals surface area (Å²) in [6.45, 7) is 2.25. The fourth-order valence-corrected chi connectivity index (χ4v) is 0.692. The molecule has 0 saturated carbocycles. The molecular formula is C11H16O3. The van der Waals surface area contributed by atoms with Crippen LogP contribution in [0.1, 0.15) is 23.7 Å². The lowest BCUT2D eigenvalue weighted by Crippen LogP contribution is -1.99. The van der Waals surface area contributed by atoms with Gasteiger partial charge >= 0.3 is 5.97 Å². The van der Waals surface area contributed by atoms with E-state index in [0.29, 0.717) is 12.2 Å². The van der Waals surface area contributed by atoms with Gasteiger partial charge in [0.15, 0.2) is 0 Å². The summed E-state index contributed by atoms with van der Waals surface area (Å²) in [7, 11) is 1.37. The molecule has 0 aliphatic rings. The monoisotopic (exact) mass is 196 g/mol. The average Bonchev–Trinajstić information content (AvgIpc) is 2.29. The summed E-state index contributed by atoms with van der Waals surface area (Å²) in [5.74, 6) is -0.291. The quantitative estimate of drug-likeness (QED) is 0.734. The molecule has 1 rings (SSSR count). The van der Waals surface area contributed by atoms with Gasteiger partial charge in [-0.2, -0.15) is 0 Å². The number of aliphatic hydroxyl groups excluding tert-OH is 1. The molecule has 0 fully saturated rings. The lowest BCUT2D eigenvalue weighted by atomic mass is 10.2. The van der Waals surface area contributed by atoms with Crippen LogP contribution in [0.2, 0.25) is 0 Å². The van der Waals surface area contributed by atoms with Crippen molar-refractivity contribution in [2.24, 2.45) is 0 Å². The third-order valence-electron chi connectivity index (χ3n) is 1.42.